The molecule has 0 spiro atoms. The van der Waals surface area contributed by atoms with Gasteiger partial charge in [-0.3, -0.25) is 4.90 Å². The lowest BCUT2D eigenvalue weighted by atomic mass is 10.1. The molecule has 0 unspecified atom stereocenters. The lowest BCUT2D eigenvalue weighted by Gasteiger charge is -2.25. The predicted octanol–water partition coefficient (Wildman–Crippen LogP) is 1.57. The Labute approximate surface area is 132 Å². The molecule has 0 radical (unpaired) electrons. The molecule has 0 bridgehead atoms. The Morgan fingerprint density at radius 3 is 2.64 bits per heavy atom. The maximum Gasteiger partial charge on any atom is 0.225 e. The molecule has 0 amide bonds. The molecular formula is C17H26N4O. The Hall–Kier alpha value is -1.20. The fraction of sp³-hybridized carbons (Fsp3) is 0.765. The molecule has 5 nitrogen and oxygen atoms in total. The molecule has 0 saturated carbocycles. The van der Waals surface area contributed by atoms with E-state index in [2.05, 4.69) is 16.7 Å². The van der Waals surface area contributed by atoms with Crippen molar-refractivity contribution in [3.8, 4) is 0 Å². The van der Waals surface area contributed by atoms with Crippen LogP contribution in [-0.4, -0.2) is 60.3 Å². The van der Waals surface area contributed by atoms with Crippen LogP contribution in [0.4, 0.5) is 5.95 Å². The van der Waals surface area contributed by atoms with Gasteiger partial charge < -0.3 is 9.64 Å². The number of rotatable bonds is 2. The van der Waals surface area contributed by atoms with Crippen molar-refractivity contribution >= 4 is 5.95 Å². The van der Waals surface area contributed by atoms with Gasteiger partial charge in [0, 0.05) is 50.9 Å². The zero-order valence-corrected chi connectivity index (χ0v) is 13.6. The number of nitrogens with zero attached hydrogens (tertiary/aromatic N) is 4. The number of aryl methyl sites for hydroxylation is 1. The summed E-state index contributed by atoms with van der Waals surface area (Å²) in [5.41, 5.74) is 3.87. The van der Waals surface area contributed by atoms with Gasteiger partial charge in [0.2, 0.25) is 5.95 Å². The van der Waals surface area contributed by atoms with Crippen LogP contribution in [0.5, 0.6) is 0 Å². The monoisotopic (exact) mass is 302 g/mol. The van der Waals surface area contributed by atoms with Gasteiger partial charge in [-0.25, -0.2) is 9.97 Å². The second-order valence-electron chi connectivity index (χ2n) is 6.78. The highest BCUT2D eigenvalue weighted by molar-refractivity contribution is 5.38. The molecule has 1 atom stereocenters. The van der Waals surface area contributed by atoms with Crippen LogP contribution in [0.15, 0.2) is 0 Å². The van der Waals surface area contributed by atoms with Crippen LogP contribution >= 0.6 is 0 Å². The van der Waals surface area contributed by atoms with E-state index in [0.717, 1.165) is 58.2 Å². The summed E-state index contributed by atoms with van der Waals surface area (Å²) in [7, 11) is 0. The minimum Gasteiger partial charge on any atom is -0.380 e. The zero-order valence-electron chi connectivity index (χ0n) is 13.6. The third-order valence-corrected chi connectivity index (χ3v) is 5.38. The number of ether oxygens (including phenoxy) is 1. The first-order valence-electron chi connectivity index (χ1n) is 8.74. The molecule has 2 fully saturated rings. The molecule has 4 heterocycles. The van der Waals surface area contributed by atoms with Crippen molar-refractivity contribution in [1.82, 2.24) is 14.9 Å². The van der Waals surface area contributed by atoms with Gasteiger partial charge in [0.25, 0.3) is 0 Å². The first-order valence-corrected chi connectivity index (χ1v) is 8.74. The van der Waals surface area contributed by atoms with Crippen molar-refractivity contribution in [2.45, 2.75) is 45.1 Å². The Morgan fingerprint density at radius 2 is 1.86 bits per heavy atom. The quantitative estimate of drug-likeness (QED) is 0.829. The van der Waals surface area contributed by atoms with Gasteiger partial charge in [-0.2, -0.15) is 0 Å². The van der Waals surface area contributed by atoms with Crippen LogP contribution in [0.2, 0.25) is 0 Å². The Kier molecular flexibility index (Phi) is 4.01. The first kappa shape index (κ1) is 14.4. The highest BCUT2D eigenvalue weighted by atomic mass is 16.5. The standard InChI is InChI=1S/C17H26N4O/c1-13-15-4-9-20(14-6-11-22-12-14)10-5-16(15)19-17(18-13)21-7-2-3-8-21/h14H,2-12H2,1H3/t14-/m1/s1. The average molecular weight is 302 g/mol. The zero-order chi connectivity index (χ0) is 14.9. The van der Waals surface area contributed by atoms with Crippen molar-refractivity contribution in [3.05, 3.63) is 17.0 Å². The van der Waals surface area contributed by atoms with Crippen molar-refractivity contribution in [3.63, 3.8) is 0 Å². The van der Waals surface area contributed by atoms with Gasteiger partial charge >= 0.3 is 0 Å². The van der Waals surface area contributed by atoms with Crippen LogP contribution in [0.25, 0.3) is 0 Å². The summed E-state index contributed by atoms with van der Waals surface area (Å²) in [6, 6.07) is 0.612. The van der Waals surface area contributed by atoms with Crippen molar-refractivity contribution in [1.29, 1.82) is 0 Å². The van der Waals surface area contributed by atoms with E-state index in [1.54, 1.807) is 0 Å². The Bertz CT molecular complexity index is 536. The summed E-state index contributed by atoms with van der Waals surface area (Å²) in [4.78, 5) is 14.7. The van der Waals surface area contributed by atoms with E-state index in [9.17, 15) is 0 Å². The van der Waals surface area contributed by atoms with Crippen molar-refractivity contribution in [2.24, 2.45) is 0 Å². The largest absolute Gasteiger partial charge is 0.380 e. The van der Waals surface area contributed by atoms with Crippen LogP contribution in [-0.2, 0) is 17.6 Å². The maximum absolute atomic E-state index is 5.56. The van der Waals surface area contributed by atoms with Crippen LogP contribution in [0.1, 0.15) is 36.2 Å². The molecule has 3 aliphatic rings. The van der Waals surface area contributed by atoms with Crippen molar-refractivity contribution < 1.29 is 4.74 Å². The van der Waals surface area contributed by atoms with Gasteiger partial charge in [0.05, 0.1) is 12.3 Å². The summed E-state index contributed by atoms with van der Waals surface area (Å²) in [5, 5.41) is 0. The van der Waals surface area contributed by atoms with E-state index in [1.165, 1.54) is 36.2 Å². The van der Waals surface area contributed by atoms with E-state index in [0.29, 0.717) is 6.04 Å². The van der Waals surface area contributed by atoms with Crippen LogP contribution < -0.4 is 4.90 Å². The van der Waals surface area contributed by atoms with Gasteiger partial charge in [-0.15, -0.1) is 0 Å². The first-order chi connectivity index (χ1) is 10.8. The molecular weight excluding hydrogens is 276 g/mol. The third kappa shape index (κ3) is 2.72. The second kappa shape index (κ2) is 6.13. The number of anilines is 1. The summed E-state index contributed by atoms with van der Waals surface area (Å²) in [6.07, 6.45) is 5.86. The van der Waals surface area contributed by atoms with Gasteiger partial charge in [-0.05, 0) is 38.2 Å². The molecule has 2 saturated heterocycles. The smallest absolute Gasteiger partial charge is 0.225 e. The van der Waals surface area contributed by atoms with E-state index < -0.39 is 0 Å². The van der Waals surface area contributed by atoms with Crippen LogP contribution in [0.3, 0.4) is 0 Å². The Morgan fingerprint density at radius 1 is 1.05 bits per heavy atom. The number of hydrogen-bond donors (Lipinski definition) is 0. The third-order valence-electron chi connectivity index (χ3n) is 5.38. The molecule has 0 aromatic carbocycles. The topological polar surface area (TPSA) is 41.5 Å². The Balaban J connectivity index is 1.55. The van der Waals surface area contributed by atoms with E-state index in [1.807, 2.05) is 0 Å². The summed E-state index contributed by atoms with van der Waals surface area (Å²) in [6.45, 7) is 8.44. The lowest BCUT2D eigenvalue weighted by molar-refractivity contribution is 0.147. The molecule has 1 aromatic heterocycles. The van der Waals surface area contributed by atoms with Gasteiger partial charge in [0.15, 0.2) is 0 Å². The SMILES string of the molecule is Cc1nc(N2CCCC2)nc2c1CCN([C@@H]1CCOC1)CC2. The molecule has 22 heavy (non-hydrogen) atoms. The van der Waals surface area contributed by atoms with Gasteiger partial charge in [0.1, 0.15) is 0 Å². The van der Waals surface area contributed by atoms with Crippen molar-refractivity contribution in [2.75, 3.05) is 44.3 Å². The highest BCUT2D eigenvalue weighted by Gasteiger charge is 2.27. The molecule has 3 aliphatic heterocycles. The minimum atomic E-state index is 0.612. The highest BCUT2D eigenvalue weighted by Crippen LogP contribution is 2.24. The average Bonchev–Trinajstić information content (AvgIpc) is 3.19. The summed E-state index contributed by atoms with van der Waals surface area (Å²) >= 11 is 0. The molecule has 0 aliphatic carbocycles. The fourth-order valence-corrected chi connectivity index (χ4v) is 4.02. The molecule has 0 N–H and O–H groups in total. The summed E-state index contributed by atoms with van der Waals surface area (Å²) < 4.78 is 5.56. The number of aromatic nitrogens is 2. The lowest BCUT2D eigenvalue weighted by Crippen LogP contribution is -2.37. The predicted molar refractivity (Wildman–Crippen MR) is 86.4 cm³/mol. The van der Waals surface area contributed by atoms with Gasteiger partial charge in [-0.1, -0.05) is 0 Å². The molecule has 120 valence electrons. The maximum atomic E-state index is 5.56. The number of hydrogen-bond acceptors (Lipinski definition) is 5. The molecule has 4 rings (SSSR count). The molecule has 1 aromatic rings. The normalized spacial score (nSPS) is 26.2. The second-order valence-corrected chi connectivity index (χ2v) is 6.78. The minimum absolute atomic E-state index is 0.612. The van der Waals surface area contributed by atoms with Crippen LogP contribution in [0, 0.1) is 6.92 Å². The number of fused-ring (bicyclic) bond motifs is 1. The van der Waals surface area contributed by atoms with E-state index in [-0.39, 0.29) is 0 Å². The summed E-state index contributed by atoms with van der Waals surface area (Å²) in [5.74, 6) is 0.964. The van der Waals surface area contributed by atoms with E-state index >= 15 is 0 Å². The molecule has 5 heteroatoms. The van der Waals surface area contributed by atoms with E-state index in [4.69, 9.17) is 14.7 Å². The fourth-order valence-electron chi connectivity index (χ4n) is 4.02.